The van der Waals surface area contributed by atoms with Crippen molar-refractivity contribution in [2.45, 2.75) is 58.0 Å². The summed E-state index contributed by atoms with van der Waals surface area (Å²) in [5, 5.41) is 10.4. The molecular formula is C22H37N3O2. The van der Waals surface area contributed by atoms with Gasteiger partial charge in [0.2, 0.25) is 5.91 Å². The highest BCUT2D eigenvalue weighted by Gasteiger charge is 2.40. The number of benzene rings is 1. The minimum absolute atomic E-state index is 0.119. The van der Waals surface area contributed by atoms with Gasteiger partial charge in [0.15, 0.2) is 0 Å². The summed E-state index contributed by atoms with van der Waals surface area (Å²) >= 11 is 0. The van der Waals surface area contributed by atoms with Crippen LogP contribution in [-0.2, 0) is 9.53 Å². The van der Waals surface area contributed by atoms with Crippen molar-refractivity contribution in [2.75, 3.05) is 33.4 Å². The van der Waals surface area contributed by atoms with Gasteiger partial charge in [-0.15, -0.1) is 0 Å². The molecule has 1 aromatic carbocycles. The zero-order valence-electron chi connectivity index (χ0n) is 17.4. The number of amides is 1. The molecule has 1 heterocycles. The summed E-state index contributed by atoms with van der Waals surface area (Å²) in [4.78, 5) is 13.1. The van der Waals surface area contributed by atoms with Crippen LogP contribution in [0.2, 0.25) is 0 Å². The molecule has 1 fully saturated rings. The highest BCUT2D eigenvalue weighted by atomic mass is 16.5. The van der Waals surface area contributed by atoms with Gasteiger partial charge in [-0.25, -0.2) is 0 Å². The molecule has 0 saturated carbocycles. The van der Waals surface area contributed by atoms with Crippen molar-refractivity contribution in [3.63, 3.8) is 0 Å². The van der Waals surface area contributed by atoms with Crippen LogP contribution >= 0.6 is 0 Å². The molecule has 0 spiro atoms. The molecule has 2 rings (SSSR count). The number of nitrogens with one attached hydrogen (secondary N) is 3. The van der Waals surface area contributed by atoms with Crippen molar-refractivity contribution >= 4 is 5.91 Å². The monoisotopic (exact) mass is 375 g/mol. The molecule has 1 aliphatic rings. The fourth-order valence-electron chi connectivity index (χ4n) is 4.10. The second-order valence-corrected chi connectivity index (χ2v) is 7.91. The second-order valence-electron chi connectivity index (χ2n) is 7.91. The van der Waals surface area contributed by atoms with E-state index in [-0.39, 0.29) is 17.5 Å². The van der Waals surface area contributed by atoms with Gasteiger partial charge in [-0.2, -0.15) is 0 Å². The second kappa shape index (κ2) is 10.2. The van der Waals surface area contributed by atoms with Gasteiger partial charge in [-0.3, -0.25) is 4.79 Å². The van der Waals surface area contributed by atoms with Crippen LogP contribution in [0.5, 0.6) is 0 Å². The van der Waals surface area contributed by atoms with Crippen LogP contribution in [0.25, 0.3) is 0 Å². The van der Waals surface area contributed by atoms with Crippen LogP contribution in [-0.4, -0.2) is 44.8 Å². The third kappa shape index (κ3) is 5.53. The van der Waals surface area contributed by atoms with Crippen molar-refractivity contribution < 1.29 is 9.53 Å². The Labute approximate surface area is 164 Å². The average molecular weight is 376 g/mol. The quantitative estimate of drug-likeness (QED) is 0.588. The molecule has 1 aliphatic heterocycles. The maximum atomic E-state index is 13.1. The average Bonchev–Trinajstić information content (AvgIpc) is 2.72. The fourth-order valence-corrected chi connectivity index (χ4v) is 4.10. The number of carbonyl (C=O) groups excluding carboxylic acids is 1. The van der Waals surface area contributed by atoms with E-state index in [0.717, 1.165) is 38.8 Å². The van der Waals surface area contributed by atoms with E-state index < -0.39 is 5.41 Å². The van der Waals surface area contributed by atoms with Gasteiger partial charge in [-0.05, 0) is 51.3 Å². The molecule has 1 aromatic rings. The van der Waals surface area contributed by atoms with E-state index in [1.54, 1.807) is 7.11 Å². The third-order valence-electron chi connectivity index (χ3n) is 6.23. The lowest BCUT2D eigenvalue weighted by Gasteiger charge is -2.39. The topological polar surface area (TPSA) is 62.4 Å². The Morgan fingerprint density at radius 3 is 2.41 bits per heavy atom. The fraction of sp³-hybridized carbons (Fsp3) is 0.682. The van der Waals surface area contributed by atoms with Crippen molar-refractivity contribution in [1.82, 2.24) is 16.0 Å². The molecule has 0 aromatic heterocycles. The van der Waals surface area contributed by atoms with E-state index in [1.807, 2.05) is 6.07 Å². The molecule has 0 aliphatic carbocycles. The first-order valence-corrected chi connectivity index (χ1v) is 10.3. The maximum Gasteiger partial charge on any atom is 0.228 e. The normalized spacial score (nSPS) is 18.1. The van der Waals surface area contributed by atoms with Gasteiger partial charge in [0.25, 0.3) is 0 Å². The Balaban J connectivity index is 2.04. The lowest BCUT2D eigenvalue weighted by atomic mass is 9.78. The van der Waals surface area contributed by atoms with Crippen molar-refractivity contribution in [2.24, 2.45) is 5.41 Å². The molecule has 5 nitrogen and oxygen atoms in total. The Bertz CT molecular complexity index is 561. The molecule has 3 N–H and O–H groups in total. The number of hydrogen-bond donors (Lipinski definition) is 3. The highest BCUT2D eigenvalue weighted by Crippen LogP contribution is 2.30. The molecule has 27 heavy (non-hydrogen) atoms. The van der Waals surface area contributed by atoms with Gasteiger partial charge in [0.05, 0.1) is 12.0 Å². The van der Waals surface area contributed by atoms with Crippen LogP contribution in [0.4, 0.5) is 0 Å². The van der Waals surface area contributed by atoms with E-state index >= 15 is 0 Å². The highest BCUT2D eigenvalue weighted by molar-refractivity contribution is 5.83. The number of piperidine rings is 1. The molecule has 0 radical (unpaired) electrons. The first kappa shape index (κ1) is 21.9. The molecule has 1 unspecified atom stereocenters. The largest absolute Gasteiger partial charge is 0.384 e. The molecule has 1 atom stereocenters. The Hall–Kier alpha value is -1.43. The summed E-state index contributed by atoms with van der Waals surface area (Å²) < 4.78 is 5.41. The smallest absolute Gasteiger partial charge is 0.228 e. The van der Waals surface area contributed by atoms with Crippen LogP contribution in [0.15, 0.2) is 30.3 Å². The third-order valence-corrected chi connectivity index (χ3v) is 6.23. The molecule has 0 bridgehead atoms. The van der Waals surface area contributed by atoms with E-state index in [0.29, 0.717) is 13.2 Å². The zero-order valence-corrected chi connectivity index (χ0v) is 17.4. The van der Waals surface area contributed by atoms with Gasteiger partial charge in [-0.1, -0.05) is 44.2 Å². The molecular weight excluding hydrogens is 338 g/mol. The number of rotatable bonds is 10. The predicted molar refractivity (Wildman–Crippen MR) is 111 cm³/mol. The van der Waals surface area contributed by atoms with Gasteiger partial charge < -0.3 is 20.7 Å². The lowest BCUT2D eigenvalue weighted by molar-refractivity contribution is -0.136. The first-order valence-electron chi connectivity index (χ1n) is 10.3. The predicted octanol–water partition coefficient (Wildman–Crippen LogP) is 3.03. The van der Waals surface area contributed by atoms with E-state index in [1.165, 1.54) is 5.56 Å². The van der Waals surface area contributed by atoms with Gasteiger partial charge in [0.1, 0.15) is 0 Å². The van der Waals surface area contributed by atoms with Crippen molar-refractivity contribution in [3.05, 3.63) is 35.9 Å². The standard InChI is InChI=1S/C22H37N3O2/c1-5-22(6-2,25-18(3)19-10-8-7-9-11-19)16-24-20(26)21(17-27-4)12-14-23-15-13-21/h7-11,18,23,25H,5-6,12-17H2,1-4H3,(H,24,26). The Morgan fingerprint density at radius 2 is 1.85 bits per heavy atom. The number of hydrogen-bond acceptors (Lipinski definition) is 4. The van der Waals surface area contributed by atoms with E-state index in [4.69, 9.17) is 4.74 Å². The summed E-state index contributed by atoms with van der Waals surface area (Å²) in [5.74, 6) is 0.131. The summed E-state index contributed by atoms with van der Waals surface area (Å²) in [5.41, 5.74) is 0.744. The molecule has 152 valence electrons. The van der Waals surface area contributed by atoms with Crippen LogP contribution in [0.3, 0.4) is 0 Å². The minimum atomic E-state index is -0.404. The van der Waals surface area contributed by atoms with Gasteiger partial charge in [0, 0.05) is 25.2 Å². The minimum Gasteiger partial charge on any atom is -0.384 e. The van der Waals surface area contributed by atoms with Crippen LogP contribution in [0, 0.1) is 5.41 Å². The summed E-state index contributed by atoms with van der Waals surface area (Å²) in [6, 6.07) is 10.7. The summed E-state index contributed by atoms with van der Waals surface area (Å²) in [6.45, 7) is 9.43. The summed E-state index contributed by atoms with van der Waals surface area (Å²) in [7, 11) is 1.68. The zero-order chi connectivity index (χ0) is 19.8. The Kier molecular flexibility index (Phi) is 8.27. The molecule has 5 heteroatoms. The van der Waals surface area contributed by atoms with Crippen LogP contribution in [0.1, 0.15) is 58.1 Å². The number of ether oxygens (including phenoxy) is 1. The first-order chi connectivity index (χ1) is 13.0. The molecule has 1 saturated heterocycles. The van der Waals surface area contributed by atoms with Crippen molar-refractivity contribution in [1.29, 1.82) is 0 Å². The molecule has 1 amide bonds. The summed E-state index contributed by atoms with van der Waals surface area (Å²) in [6.07, 6.45) is 3.57. The maximum absolute atomic E-state index is 13.1. The number of methoxy groups -OCH3 is 1. The van der Waals surface area contributed by atoms with Crippen molar-refractivity contribution in [3.8, 4) is 0 Å². The SMILES string of the molecule is CCC(CC)(CNC(=O)C1(COC)CCNCC1)NC(C)c1ccccc1. The van der Waals surface area contributed by atoms with E-state index in [2.05, 4.69) is 61.0 Å². The van der Waals surface area contributed by atoms with E-state index in [9.17, 15) is 4.79 Å². The number of carbonyl (C=O) groups is 1. The van der Waals surface area contributed by atoms with Gasteiger partial charge >= 0.3 is 0 Å². The lowest BCUT2D eigenvalue weighted by Crippen LogP contribution is -2.57. The van der Waals surface area contributed by atoms with Crippen LogP contribution < -0.4 is 16.0 Å². The Morgan fingerprint density at radius 1 is 1.22 bits per heavy atom.